The van der Waals surface area contributed by atoms with E-state index in [-0.39, 0.29) is 23.7 Å². The number of likely N-dealkylation sites (tertiary alicyclic amines) is 1. The van der Waals surface area contributed by atoms with Crippen molar-refractivity contribution in [3.8, 4) is 0 Å². The number of Topliss-reactive ketones (excluding diaryl/α,β-unsaturated/α-hetero) is 1. The van der Waals surface area contributed by atoms with Gasteiger partial charge in [0.25, 0.3) is 5.91 Å². The summed E-state index contributed by atoms with van der Waals surface area (Å²) >= 11 is 0. The van der Waals surface area contributed by atoms with Gasteiger partial charge in [0.05, 0.1) is 0 Å². The SMILES string of the molecule is Cc1cc(CC(=O)c2ccc(F)c(F)c2)ccc1C(=O)N1CC[C@H]2CCCC[C@H]2C1. The van der Waals surface area contributed by atoms with E-state index in [2.05, 4.69) is 0 Å². The van der Waals surface area contributed by atoms with Crippen molar-refractivity contribution in [2.45, 2.75) is 45.4 Å². The molecule has 1 heterocycles. The number of nitrogens with zero attached hydrogens (tertiary/aromatic N) is 1. The van der Waals surface area contributed by atoms with Gasteiger partial charge in [-0.05, 0) is 67.0 Å². The first-order valence-corrected chi connectivity index (χ1v) is 10.8. The van der Waals surface area contributed by atoms with Crippen molar-refractivity contribution in [2.75, 3.05) is 13.1 Å². The molecule has 2 aromatic rings. The van der Waals surface area contributed by atoms with Gasteiger partial charge in [-0.25, -0.2) is 8.78 Å². The highest BCUT2D eigenvalue weighted by atomic mass is 19.2. The van der Waals surface area contributed by atoms with Crippen LogP contribution < -0.4 is 0 Å². The summed E-state index contributed by atoms with van der Waals surface area (Å²) in [6.07, 6.45) is 6.27. The lowest BCUT2D eigenvalue weighted by atomic mass is 9.75. The topological polar surface area (TPSA) is 37.4 Å². The number of halogens is 2. The lowest BCUT2D eigenvalue weighted by molar-refractivity contribution is 0.0520. The first-order chi connectivity index (χ1) is 14.4. The summed E-state index contributed by atoms with van der Waals surface area (Å²) in [7, 11) is 0. The highest BCUT2D eigenvalue weighted by Crippen LogP contribution is 2.36. The molecule has 0 unspecified atom stereocenters. The largest absolute Gasteiger partial charge is 0.338 e. The lowest BCUT2D eigenvalue weighted by Crippen LogP contribution is -2.44. The molecule has 2 atom stereocenters. The highest BCUT2D eigenvalue weighted by molar-refractivity contribution is 5.98. The molecule has 3 nitrogen and oxygen atoms in total. The Kier molecular flexibility index (Phi) is 5.98. The number of ketones is 1. The molecular weight excluding hydrogens is 384 g/mol. The molecule has 30 heavy (non-hydrogen) atoms. The van der Waals surface area contributed by atoms with Gasteiger partial charge < -0.3 is 4.90 Å². The fraction of sp³-hybridized carbons (Fsp3) is 0.440. The molecule has 158 valence electrons. The van der Waals surface area contributed by atoms with Gasteiger partial charge in [-0.3, -0.25) is 9.59 Å². The smallest absolute Gasteiger partial charge is 0.254 e. The van der Waals surface area contributed by atoms with Crippen molar-refractivity contribution in [1.29, 1.82) is 0 Å². The van der Waals surface area contributed by atoms with Crippen molar-refractivity contribution in [1.82, 2.24) is 4.90 Å². The van der Waals surface area contributed by atoms with E-state index in [4.69, 9.17) is 0 Å². The summed E-state index contributed by atoms with van der Waals surface area (Å²) in [6, 6.07) is 8.60. The third kappa shape index (κ3) is 4.30. The van der Waals surface area contributed by atoms with E-state index < -0.39 is 11.6 Å². The second-order valence-corrected chi connectivity index (χ2v) is 8.72. The van der Waals surface area contributed by atoms with Crippen LogP contribution in [0.1, 0.15) is 63.9 Å². The third-order valence-electron chi connectivity index (χ3n) is 6.71. The fourth-order valence-electron chi connectivity index (χ4n) is 4.99. The number of benzene rings is 2. The van der Waals surface area contributed by atoms with Crippen LogP contribution in [-0.4, -0.2) is 29.7 Å². The van der Waals surface area contributed by atoms with E-state index in [0.717, 1.165) is 48.7 Å². The number of hydrogen-bond donors (Lipinski definition) is 0. The maximum absolute atomic E-state index is 13.4. The van der Waals surface area contributed by atoms with Crippen LogP contribution in [0.15, 0.2) is 36.4 Å². The zero-order valence-corrected chi connectivity index (χ0v) is 17.3. The quantitative estimate of drug-likeness (QED) is 0.636. The Labute approximate surface area is 176 Å². The molecule has 1 saturated heterocycles. The van der Waals surface area contributed by atoms with Crippen molar-refractivity contribution < 1.29 is 18.4 Å². The van der Waals surface area contributed by atoms with Crippen molar-refractivity contribution in [3.05, 3.63) is 70.3 Å². The average molecular weight is 411 g/mol. The Balaban J connectivity index is 1.44. The number of fused-ring (bicyclic) bond motifs is 1. The summed E-state index contributed by atoms with van der Waals surface area (Å²) in [5, 5.41) is 0. The Morgan fingerprint density at radius 3 is 2.47 bits per heavy atom. The zero-order chi connectivity index (χ0) is 21.3. The second kappa shape index (κ2) is 8.66. The minimum atomic E-state index is -1.03. The number of rotatable bonds is 4. The van der Waals surface area contributed by atoms with Gasteiger partial charge in [-0.2, -0.15) is 0 Å². The van der Waals surface area contributed by atoms with E-state index in [9.17, 15) is 18.4 Å². The van der Waals surface area contributed by atoms with Crippen LogP contribution in [0.25, 0.3) is 0 Å². The molecule has 2 aliphatic rings. The van der Waals surface area contributed by atoms with E-state index >= 15 is 0 Å². The predicted molar refractivity (Wildman–Crippen MR) is 112 cm³/mol. The molecule has 0 bridgehead atoms. The molecule has 5 heteroatoms. The first kappa shape index (κ1) is 20.7. The molecule has 0 aromatic heterocycles. The summed E-state index contributed by atoms with van der Waals surface area (Å²) in [4.78, 5) is 27.5. The molecule has 2 aromatic carbocycles. The number of carbonyl (C=O) groups excluding carboxylic acids is 2. The number of aryl methyl sites for hydroxylation is 1. The number of hydrogen-bond acceptors (Lipinski definition) is 2. The molecule has 0 radical (unpaired) electrons. The normalized spacial score (nSPS) is 21.2. The maximum Gasteiger partial charge on any atom is 0.254 e. The van der Waals surface area contributed by atoms with Crippen molar-refractivity contribution in [2.24, 2.45) is 11.8 Å². The van der Waals surface area contributed by atoms with Crippen LogP contribution in [0.3, 0.4) is 0 Å². The zero-order valence-electron chi connectivity index (χ0n) is 17.3. The summed E-state index contributed by atoms with van der Waals surface area (Å²) in [5.41, 5.74) is 2.40. The Morgan fingerprint density at radius 2 is 1.73 bits per heavy atom. The average Bonchev–Trinajstić information content (AvgIpc) is 2.75. The monoisotopic (exact) mass is 411 g/mol. The predicted octanol–water partition coefficient (Wildman–Crippen LogP) is 5.35. The van der Waals surface area contributed by atoms with Crippen LogP contribution in [-0.2, 0) is 6.42 Å². The summed E-state index contributed by atoms with van der Waals surface area (Å²) in [6.45, 7) is 3.54. The number of carbonyl (C=O) groups is 2. The molecule has 1 amide bonds. The molecule has 0 N–H and O–H groups in total. The second-order valence-electron chi connectivity index (χ2n) is 8.72. The standard InChI is InChI=1S/C25H27F2NO2/c1-16-12-17(13-24(29)19-7-9-22(26)23(27)14-19)6-8-21(16)25(30)28-11-10-18-4-2-3-5-20(18)15-28/h6-9,12,14,18,20H,2-5,10-11,13,15H2,1H3/t18-,20+/m1/s1. The fourth-order valence-corrected chi connectivity index (χ4v) is 4.99. The van der Waals surface area contributed by atoms with E-state index in [1.54, 1.807) is 12.1 Å². The van der Waals surface area contributed by atoms with Crippen LogP contribution in [0.5, 0.6) is 0 Å². The first-order valence-electron chi connectivity index (χ1n) is 10.8. The molecular formula is C25H27F2NO2. The van der Waals surface area contributed by atoms with Crippen LogP contribution in [0.2, 0.25) is 0 Å². The minimum absolute atomic E-state index is 0.0648. The van der Waals surface area contributed by atoms with Gasteiger partial charge in [-0.15, -0.1) is 0 Å². The van der Waals surface area contributed by atoms with Crippen LogP contribution in [0.4, 0.5) is 8.78 Å². The lowest BCUT2D eigenvalue weighted by Gasteiger charge is -2.41. The van der Waals surface area contributed by atoms with Crippen molar-refractivity contribution in [3.63, 3.8) is 0 Å². The third-order valence-corrected chi connectivity index (χ3v) is 6.71. The van der Waals surface area contributed by atoms with Gasteiger partial charge in [0, 0.05) is 30.6 Å². The van der Waals surface area contributed by atoms with Crippen molar-refractivity contribution >= 4 is 11.7 Å². The van der Waals surface area contributed by atoms with Gasteiger partial charge >= 0.3 is 0 Å². The molecule has 1 aliphatic carbocycles. The van der Waals surface area contributed by atoms with Gasteiger partial charge in [0.1, 0.15) is 0 Å². The summed E-state index contributed by atoms with van der Waals surface area (Å²) < 4.78 is 26.5. The van der Waals surface area contributed by atoms with Crippen LogP contribution >= 0.6 is 0 Å². The summed E-state index contributed by atoms with van der Waals surface area (Å²) in [5.74, 6) is -0.817. The minimum Gasteiger partial charge on any atom is -0.338 e. The number of amides is 1. The van der Waals surface area contributed by atoms with Gasteiger partial charge in [0.2, 0.25) is 0 Å². The molecule has 1 aliphatic heterocycles. The van der Waals surface area contributed by atoms with E-state index in [1.807, 2.05) is 17.9 Å². The van der Waals surface area contributed by atoms with Gasteiger partial charge in [0.15, 0.2) is 17.4 Å². The van der Waals surface area contributed by atoms with E-state index in [1.165, 1.54) is 31.7 Å². The van der Waals surface area contributed by atoms with Crippen LogP contribution in [0, 0.1) is 30.4 Å². The number of piperidine rings is 1. The highest BCUT2D eigenvalue weighted by Gasteiger charge is 2.33. The Hall–Kier alpha value is -2.56. The molecule has 1 saturated carbocycles. The Bertz CT molecular complexity index is 972. The van der Waals surface area contributed by atoms with E-state index in [0.29, 0.717) is 11.5 Å². The molecule has 0 spiro atoms. The molecule has 2 fully saturated rings. The Morgan fingerprint density at radius 1 is 0.967 bits per heavy atom. The maximum atomic E-state index is 13.4. The van der Waals surface area contributed by atoms with Gasteiger partial charge in [-0.1, -0.05) is 31.4 Å². The molecule has 4 rings (SSSR count).